The Kier molecular flexibility index (Phi) is 8.38. The lowest BCUT2D eigenvalue weighted by atomic mass is 10.1. The number of amides is 1. The number of hydrogen-bond acceptors (Lipinski definition) is 6. The zero-order valence-corrected chi connectivity index (χ0v) is 21.4. The van der Waals surface area contributed by atoms with E-state index in [1.165, 1.54) is 28.6 Å². The average Bonchev–Trinajstić information content (AvgIpc) is 2.79. The van der Waals surface area contributed by atoms with Crippen molar-refractivity contribution < 1.29 is 26.4 Å². The highest BCUT2D eigenvalue weighted by Gasteiger charge is 2.30. The van der Waals surface area contributed by atoms with Gasteiger partial charge in [0, 0.05) is 31.8 Å². The summed E-state index contributed by atoms with van der Waals surface area (Å²) in [6.07, 6.45) is 3.05. The first kappa shape index (κ1) is 26.2. The number of hydrogen-bond donors (Lipinski definition) is 1. The SMILES string of the molecule is Cc1ccc(C)c(OCCCC(=O)NC2CCN(S(=O)(=O)c3ccc(S(C)(=O)=O)cc3)CC2)c1. The van der Waals surface area contributed by atoms with E-state index in [0.29, 0.717) is 32.3 Å². The van der Waals surface area contributed by atoms with Crippen molar-refractivity contribution in [3.63, 3.8) is 0 Å². The first-order chi connectivity index (χ1) is 16.0. The summed E-state index contributed by atoms with van der Waals surface area (Å²) in [7, 11) is -7.11. The van der Waals surface area contributed by atoms with Crippen molar-refractivity contribution in [3.05, 3.63) is 53.6 Å². The van der Waals surface area contributed by atoms with E-state index in [0.717, 1.165) is 23.1 Å². The normalized spacial score (nSPS) is 15.7. The highest BCUT2D eigenvalue weighted by molar-refractivity contribution is 7.90. The Hall–Kier alpha value is -2.43. The minimum atomic E-state index is -3.72. The number of nitrogens with one attached hydrogen (secondary N) is 1. The Bertz CT molecular complexity index is 1220. The average molecular weight is 509 g/mol. The van der Waals surface area contributed by atoms with Crippen molar-refractivity contribution in [1.82, 2.24) is 9.62 Å². The van der Waals surface area contributed by atoms with E-state index in [9.17, 15) is 21.6 Å². The van der Waals surface area contributed by atoms with Crippen LogP contribution in [0.4, 0.5) is 0 Å². The molecule has 10 heteroatoms. The number of carbonyl (C=O) groups excluding carboxylic acids is 1. The Morgan fingerprint density at radius 3 is 2.24 bits per heavy atom. The smallest absolute Gasteiger partial charge is 0.243 e. The van der Waals surface area contributed by atoms with Gasteiger partial charge in [-0.05, 0) is 74.6 Å². The number of sulfone groups is 1. The molecule has 34 heavy (non-hydrogen) atoms. The van der Waals surface area contributed by atoms with Crippen molar-refractivity contribution in [1.29, 1.82) is 0 Å². The second-order valence-corrected chi connectivity index (χ2v) is 12.7. The number of nitrogens with zero attached hydrogens (tertiary/aromatic N) is 1. The second-order valence-electron chi connectivity index (χ2n) is 8.71. The topological polar surface area (TPSA) is 110 Å². The van der Waals surface area contributed by atoms with Crippen LogP contribution in [0.5, 0.6) is 5.75 Å². The van der Waals surface area contributed by atoms with Gasteiger partial charge in [0.15, 0.2) is 9.84 Å². The zero-order valence-electron chi connectivity index (χ0n) is 19.8. The summed E-state index contributed by atoms with van der Waals surface area (Å²) in [6.45, 7) is 5.02. The molecule has 0 bridgehead atoms. The first-order valence-corrected chi connectivity index (χ1v) is 14.6. The third-order valence-corrected chi connectivity index (χ3v) is 8.90. The second kappa shape index (κ2) is 10.9. The third-order valence-electron chi connectivity index (χ3n) is 5.86. The van der Waals surface area contributed by atoms with Crippen molar-refractivity contribution in [3.8, 4) is 5.75 Å². The van der Waals surface area contributed by atoms with Crippen LogP contribution in [-0.4, -0.2) is 59.0 Å². The standard InChI is InChI=1S/C24H32N2O6S2/c1-18-6-7-19(2)23(17-18)32-16-4-5-24(27)25-20-12-14-26(15-13-20)34(30,31)22-10-8-21(9-11-22)33(3,28)29/h6-11,17,20H,4-5,12-16H2,1-3H3,(H,25,27). The molecule has 0 aliphatic carbocycles. The zero-order chi connectivity index (χ0) is 24.9. The van der Waals surface area contributed by atoms with E-state index >= 15 is 0 Å². The number of rotatable bonds is 9. The molecule has 0 aromatic heterocycles. The number of benzene rings is 2. The summed E-state index contributed by atoms with van der Waals surface area (Å²) in [6, 6.07) is 11.2. The van der Waals surface area contributed by atoms with E-state index in [2.05, 4.69) is 5.32 Å². The summed E-state index contributed by atoms with van der Waals surface area (Å²) >= 11 is 0. The van der Waals surface area contributed by atoms with Crippen LogP contribution in [0.25, 0.3) is 0 Å². The Morgan fingerprint density at radius 1 is 1.00 bits per heavy atom. The lowest BCUT2D eigenvalue weighted by Gasteiger charge is -2.31. The fourth-order valence-corrected chi connectivity index (χ4v) is 5.93. The van der Waals surface area contributed by atoms with Crippen LogP contribution in [-0.2, 0) is 24.7 Å². The van der Waals surface area contributed by atoms with E-state index < -0.39 is 19.9 Å². The summed E-state index contributed by atoms with van der Waals surface area (Å²) in [5, 5.41) is 2.99. The molecule has 1 aliphatic heterocycles. The van der Waals surface area contributed by atoms with Gasteiger partial charge in [-0.3, -0.25) is 4.79 Å². The Balaban J connectivity index is 1.43. The fraction of sp³-hybridized carbons (Fsp3) is 0.458. The molecule has 1 heterocycles. The maximum Gasteiger partial charge on any atom is 0.243 e. The van der Waals surface area contributed by atoms with Crippen molar-refractivity contribution in [2.24, 2.45) is 0 Å². The number of aryl methyl sites for hydroxylation is 2. The number of sulfonamides is 1. The summed E-state index contributed by atoms with van der Waals surface area (Å²) in [5.41, 5.74) is 2.18. The van der Waals surface area contributed by atoms with Crippen molar-refractivity contribution in [2.45, 2.75) is 55.4 Å². The van der Waals surface area contributed by atoms with Crippen molar-refractivity contribution in [2.75, 3.05) is 26.0 Å². The van der Waals surface area contributed by atoms with E-state index in [1.54, 1.807) is 0 Å². The predicted octanol–water partition coefficient (Wildman–Crippen LogP) is 2.84. The molecule has 186 valence electrons. The van der Waals surface area contributed by atoms with Crippen LogP contribution < -0.4 is 10.1 Å². The molecule has 1 aliphatic rings. The molecule has 1 saturated heterocycles. The molecule has 1 N–H and O–H groups in total. The molecular weight excluding hydrogens is 476 g/mol. The van der Waals surface area contributed by atoms with Crippen LogP contribution in [0.1, 0.15) is 36.8 Å². The largest absolute Gasteiger partial charge is 0.493 e. The fourth-order valence-electron chi connectivity index (χ4n) is 3.83. The number of piperidine rings is 1. The van der Waals surface area contributed by atoms with Crippen LogP contribution in [0.2, 0.25) is 0 Å². The molecule has 0 spiro atoms. The summed E-state index contributed by atoms with van der Waals surface area (Å²) in [4.78, 5) is 12.4. The lowest BCUT2D eigenvalue weighted by molar-refractivity contribution is -0.122. The quantitative estimate of drug-likeness (QED) is 0.522. The molecule has 3 rings (SSSR count). The van der Waals surface area contributed by atoms with Gasteiger partial charge in [0.05, 0.1) is 16.4 Å². The molecule has 2 aromatic carbocycles. The van der Waals surface area contributed by atoms with Gasteiger partial charge in [-0.1, -0.05) is 12.1 Å². The van der Waals surface area contributed by atoms with Crippen LogP contribution in [0.3, 0.4) is 0 Å². The molecule has 0 atom stereocenters. The van der Waals surface area contributed by atoms with E-state index in [1.807, 2.05) is 32.0 Å². The molecule has 0 radical (unpaired) electrons. The minimum absolute atomic E-state index is 0.0613. The summed E-state index contributed by atoms with van der Waals surface area (Å²) in [5.74, 6) is 0.766. The number of carbonyl (C=O) groups is 1. The van der Waals surface area contributed by atoms with Gasteiger partial charge in [-0.25, -0.2) is 16.8 Å². The van der Waals surface area contributed by atoms with E-state index in [-0.39, 0.29) is 34.8 Å². The van der Waals surface area contributed by atoms with Crippen LogP contribution in [0, 0.1) is 13.8 Å². The molecule has 0 unspecified atom stereocenters. The number of ether oxygens (including phenoxy) is 1. The molecule has 2 aromatic rings. The monoisotopic (exact) mass is 508 g/mol. The van der Waals surface area contributed by atoms with Gasteiger partial charge < -0.3 is 10.1 Å². The Morgan fingerprint density at radius 2 is 1.62 bits per heavy atom. The van der Waals surface area contributed by atoms with Gasteiger partial charge in [0.25, 0.3) is 0 Å². The van der Waals surface area contributed by atoms with Crippen LogP contribution >= 0.6 is 0 Å². The van der Waals surface area contributed by atoms with Gasteiger partial charge >= 0.3 is 0 Å². The molecule has 1 amide bonds. The maximum atomic E-state index is 12.9. The molecular formula is C24H32N2O6S2. The van der Waals surface area contributed by atoms with Gasteiger partial charge in [0.2, 0.25) is 15.9 Å². The molecule has 0 saturated carbocycles. The maximum absolute atomic E-state index is 12.9. The highest BCUT2D eigenvalue weighted by Crippen LogP contribution is 2.23. The van der Waals surface area contributed by atoms with Gasteiger partial charge in [-0.2, -0.15) is 4.31 Å². The van der Waals surface area contributed by atoms with Crippen molar-refractivity contribution >= 4 is 25.8 Å². The Labute approximate surface area is 202 Å². The molecule has 8 nitrogen and oxygen atoms in total. The highest BCUT2D eigenvalue weighted by atomic mass is 32.2. The van der Waals surface area contributed by atoms with Gasteiger partial charge in [0.1, 0.15) is 5.75 Å². The lowest BCUT2D eigenvalue weighted by Crippen LogP contribution is -2.46. The van der Waals surface area contributed by atoms with E-state index in [4.69, 9.17) is 4.74 Å². The molecule has 1 fully saturated rings. The van der Waals surface area contributed by atoms with Crippen LogP contribution in [0.15, 0.2) is 52.3 Å². The third kappa shape index (κ3) is 6.80. The summed E-state index contributed by atoms with van der Waals surface area (Å²) < 4.78 is 56.1. The first-order valence-electron chi connectivity index (χ1n) is 11.3. The minimum Gasteiger partial charge on any atom is -0.493 e. The predicted molar refractivity (Wildman–Crippen MR) is 130 cm³/mol. The van der Waals surface area contributed by atoms with Gasteiger partial charge in [-0.15, -0.1) is 0 Å².